The predicted molar refractivity (Wildman–Crippen MR) is 78.2 cm³/mol. The van der Waals surface area contributed by atoms with Gasteiger partial charge in [-0.2, -0.15) is 16.8 Å². The van der Waals surface area contributed by atoms with E-state index in [1.165, 1.54) is 12.1 Å². The Morgan fingerprint density at radius 2 is 1.43 bits per heavy atom. The number of carbonyl (C=O) groups is 2. The first-order valence-electron chi connectivity index (χ1n) is 6.37. The van der Waals surface area contributed by atoms with E-state index < -0.39 is 56.0 Å². The third-order valence-corrected chi connectivity index (χ3v) is 5.65. The largest absolute Gasteiger partial charge is 0.286 e. The molecule has 1 heterocycles. The van der Waals surface area contributed by atoms with Crippen molar-refractivity contribution in [1.29, 1.82) is 0 Å². The van der Waals surface area contributed by atoms with Crippen LogP contribution in [0.25, 0.3) is 0 Å². The molecular formula is C12H13NO8S2. The van der Waals surface area contributed by atoms with Crippen molar-refractivity contribution in [2.75, 3.05) is 12.3 Å². The molecule has 1 aliphatic rings. The normalized spacial score (nSPS) is 16.5. The minimum absolute atomic E-state index is 0.163. The topological polar surface area (TPSA) is 146 Å². The number of imide groups is 1. The quantitative estimate of drug-likeness (QED) is 0.522. The summed E-state index contributed by atoms with van der Waals surface area (Å²) in [6.07, 6.45) is -0.524. The van der Waals surface area contributed by atoms with Crippen molar-refractivity contribution in [2.45, 2.75) is 11.7 Å². The standard InChI is InChI=1S/C12H13NO8S2/c14-11-9-3-1-2-4-10(9)12(15)13(11)6-5-8(23(19,20)21)7-22(16,17)18/h1-4,8H,5-7H2,(H,16,17,18)(H,19,20,21). The number of nitrogens with zero attached hydrogens (tertiary/aromatic N) is 1. The second-order valence-corrected chi connectivity index (χ2v) is 8.18. The van der Waals surface area contributed by atoms with Gasteiger partial charge in [0.1, 0.15) is 5.25 Å². The summed E-state index contributed by atoms with van der Waals surface area (Å²) in [5.74, 6) is -2.49. The van der Waals surface area contributed by atoms with Gasteiger partial charge in [-0.3, -0.25) is 23.6 Å². The van der Waals surface area contributed by atoms with Gasteiger partial charge < -0.3 is 0 Å². The van der Waals surface area contributed by atoms with Gasteiger partial charge in [0.05, 0.1) is 16.9 Å². The zero-order chi connectivity index (χ0) is 17.4. The van der Waals surface area contributed by atoms with Crippen LogP contribution < -0.4 is 0 Å². The number of benzene rings is 1. The van der Waals surface area contributed by atoms with Gasteiger partial charge in [-0.05, 0) is 18.6 Å². The van der Waals surface area contributed by atoms with Crippen LogP contribution >= 0.6 is 0 Å². The van der Waals surface area contributed by atoms with Crippen LogP contribution in [0.1, 0.15) is 27.1 Å². The third kappa shape index (κ3) is 3.93. The third-order valence-electron chi connectivity index (χ3n) is 3.37. The molecule has 0 aliphatic carbocycles. The van der Waals surface area contributed by atoms with E-state index >= 15 is 0 Å². The lowest BCUT2D eigenvalue weighted by molar-refractivity contribution is 0.0652. The van der Waals surface area contributed by atoms with Crippen molar-refractivity contribution >= 4 is 32.1 Å². The number of hydrogen-bond donors (Lipinski definition) is 2. The van der Waals surface area contributed by atoms with Crippen LogP contribution in [0.3, 0.4) is 0 Å². The fourth-order valence-corrected chi connectivity index (χ4v) is 4.51. The van der Waals surface area contributed by atoms with Crippen molar-refractivity contribution in [3.8, 4) is 0 Å². The molecule has 0 bridgehead atoms. The van der Waals surface area contributed by atoms with E-state index in [4.69, 9.17) is 9.11 Å². The van der Waals surface area contributed by atoms with Crippen LogP contribution in [0.5, 0.6) is 0 Å². The zero-order valence-corrected chi connectivity index (χ0v) is 13.2. The van der Waals surface area contributed by atoms with Gasteiger partial charge >= 0.3 is 0 Å². The lowest BCUT2D eigenvalue weighted by atomic mass is 10.1. The molecule has 1 aromatic carbocycles. The molecule has 0 saturated heterocycles. The Kier molecular flexibility index (Phi) is 4.57. The smallest absolute Gasteiger partial charge is 0.268 e. The van der Waals surface area contributed by atoms with E-state index in [2.05, 4.69) is 0 Å². The molecule has 1 aromatic rings. The lowest BCUT2D eigenvalue weighted by Gasteiger charge is -2.17. The number of hydrogen-bond acceptors (Lipinski definition) is 6. The maximum atomic E-state index is 12.1. The molecule has 23 heavy (non-hydrogen) atoms. The molecule has 0 saturated carbocycles. The van der Waals surface area contributed by atoms with Gasteiger partial charge in [0.2, 0.25) is 0 Å². The second kappa shape index (κ2) is 6.00. The predicted octanol–water partition coefficient (Wildman–Crippen LogP) is -0.183. The minimum atomic E-state index is -4.78. The molecule has 1 atom stereocenters. The highest BCUT2D eigenvalue weighted by Crippen LogP contribution is 2.23. The van der Waals surface area contributed by atoms with Crippen LogP contribution in [-0.2, 0) is 20.2 Å². The zero-order valence-electron chi connectivity index (χ0n) is 11.6. The molecule has 0 fully saturated rings. The maximum Gasteiger partial charge on any atom is 0.268 e. The maximum absolute atomic E-state index is 12.1. The number of carbonyl (C=O) groups excluding carboxylic acids is 2. The van der Waals surface area contributed by atoms with Crippen LogP contribution in [0, 0.1) is 0 Å². The fourth-order valence-electron chi connectivity index (χ4n) is 2.27. The summed E-state index contributed by atoms with van der Waals surface area (Å²) in [4.78, 5) is 24.9. The first-order chi connectivity index (χ1) is 10.5. The molecule has 2 N–H and O–H groups in total. The van der Waals surface area contributed by atoms with Crippen molar-refractivity contribution in [3.63, 3.8) is 0 Å². The molecule has 1 unspecified atom stereocenters. The van der Waals surface area contributed by atoms with Gasteiger partial charge in [0.15, 0.2) is 0 Å². The summed E-state index contributed by atoms with van der Waals surface area (Å²) in [5, 5.41) is -1.85. The highest BCUT2D eigenvalue weighted by atomic mass is 32.2. The molecular weight excluding hydrogens is 350 g/mol. The monoisotopic (exact) mass is 363 g/mol. The summed E-state index contributed by atoms with van der Waals surface area (Å²) in [6, 6.07) is 6.00. The Morgan fingerprint density at radius 3 is 1.83 bits per heavy atom. The lowest BCUT2D eigenvalue weighted by Crippen LogP contribution is -2.36. The van der Waals surface area contributed by atoms with E-state index in [-0.39, 0.29) is 11.1 Å². The average Bonchev–Trinajstić information content (AvgIpc) is 2.66. The molecule has 0 spiro atoms. The molecule has 0 aromatic heterocycles. The van der Waals surface area contributed by atoms with Crippen LogP contribution in [0.4, 0.5) is 0 Å². The van der Waals surface area contributed by atoms with E-state index in [9.17, 15) is 26.4 Å². The first kappa shape index (κ1) is 17.5. The second-order valence-electron chi connectivity index (χ2n) is 4.98. The van der Waals surface area contributed by atoms with Crippen molar-refractivity contribution < 1.29 is 35.5 Å². The van der Waals surface area contributed by atoms with Crippen molar-refractivity contribution in [2.24, 2.45) is 0 Å². The molecule has 2 amide bonds. The highest BCUT2D eigenvalue weighted by molar-refractivity contribution is 7.90. The van der Waals surface area contributed by atoms with Crippen LogP contribution in [-0.4, -0.2) is 60.2 Å². The number of rotatable bonds is 6. The number of fused-ring (bicyclic) bond motifs is 1. The summed E-state index contributed by atoms with van der Waals surface area (Å²) in [5.41, 5.74) is 0.325. The Morgan fingerprint density at radius 1 is 0.957 bits per heavy atom. The van der Waals surface area contributed by atoms with Gasteiger partial charge in [-0.1, -0.05) is 12.1 Å². The van der Waals surface area contributed by atoms with Gasteiger partial charge in [-0.15, -0.1) is 0 Å². The molecule has 9 nitrogen and oxygen atoms in total. The number of amides is 2. The fraction of sp³-hybridized carbons (Fsp3) is 0.333. The Labute approximate surface area is 132 Å². The summed E-state index contributed by atoms with van der Waals surface area (Å²) in [7, 11) is -9.44. The SMILES string of the molecule is O=C1c2ccccc2C(=O)N1CCC(CS(=O)(=O)O)S(=O)(=O)O. The van der Waals surface area contributed by atoms with Gasteiger partial charge in [0, 0.05) is 6.54 Å². The van der Waals surface area contributed by atoms with Gasteiger partial charge in [-0.25, -0.2) is 0 Å². The highest BCUT2D eigenvalue weighted by Gasteiger charge is 2.37. The van der Waals surface area contributed by atoms with E-state index in [1.807, 2.05) is 0 Å². The Balaban J connectivity index is 2.17. The van der Waals surface area contributed by atoms with E-state index in [0.717, 1.165) is 4.90 Å². The molecule has 0 radical (unpaired) electrons. The summed E-state index contributed by atoms with van der Waals surface area (Å²) >= 11 is 0. The van der Waals surface area contributed by atoms with Crippen LogP contribution in [0.2, 0.25) is 0 Å². The summed E-state index contributed by atoms with van der Waals surface area (Å²) < 4.78 is 61.8. The summed E-state index contributed by atoms with van der Waals surface area (Å²) in [6.45, 7) is -0.410. The molecule has 11 heteroatoms. The Hall–Kier alpha value is -1.82. The van der Waals surface area contributed by atoms with Crippen LogP contribution in [0.15, 0.2) is 24.3 Å². The molecule has 126 valence electrons. The molecule has 1 aliphatic heterocycles. The average molecular weight is 363 g/mol. The Bertz CT molecular complexity index is 824. The first-order valence-corrected chi connectivity index (χ1v) is 9.48. The minimum Gasteiger partial charge on any atom is -0.286 e. The van der Waals surface area contributed by atoms with Crippen molar-refractivity contribution in [1.82, 2.24) is 4.90 Å². The van der Waals surface area contributed by atoms with E-state index in [0.29, 0.717) is 0 Å². The molecule has 2 rings (SSSR count). The van der Waals surface area contributed by atoms with E-state index in [1.54, 1.807) is 12.1 Å². The van der Waals surface area contributed by atoms with Gasteiger partial charge in [0.25, 0.3) is 32.1 Å². The van der Waals surface area contributed by atoms with Crippen molar-refractivity contribution in [3.05, 3.63) is 35.4 Å².